The van der Waals surface area contributed by atoms with Gasteiger partial charge in [0.25, 0.3) is 0 Å². The molecule has 0 aromatic heterocycles. The molecule has 1 aliphatic heterocycles. The summed E-state index contributed by atoms with van der Waals surface area (Å²) in [4.78, 5) is 2.64. The molecule has 25 heavy (non-hydrogen) atoms. The molecule has 0 spiro atoms. The Morgan fingerprint density at radius 1 is 0.680 bits per heavy atom. The molecule has 0 bridgehead atoms. The second-order valence-electron chi connectivity index (χ2n) is 7.86. The van der Waals surface area contributed by atoms with Crippen molar-refractivity contribution in [3.63, 3.8) is 0 Å². The highest BCUT2D eigenvalue weighted by Gasteiger charge is 2.20. The maximum atomic E-state index is 3.58. The van der Waals surface area contributed by atoms with Gasteiger partial charge in [-0.3, -0.25) is 4.90 Å². The molecule has 152 valence electrons. The van der Waals surface area contributed by atoms with E-state index in [1.807, 2.05) is 0 Å². The Bertz CT molecular complexity index is 258. The van der Waals surface area contributed by atoms with Crippen LogP contribution in [0.2, 0.25) is 0 Å². The minimum Gasteiger partial charge on any atom is -0.344 e. The lowest BCUT2D eigenvalue weighted by molar-refractivity contribution is 0.230. The van der Waals surface area contributed by atoms with Crippen LogP contribution in [0.1, 0.15) is 117 Å². The Morgan fingerprint density at radius 2 is 1.12 bits per heavy atom. The summed E-state index contributed by atoms with van der Waals surface area (Å²) in [6.07, 6.45) is 23.8. The first kappa shape index (κ1) is 24.9. The van der Waals surface area contributed by atoms with E-state index in [2.05, 4.69) is 24.1 Å². The van der Waals surface area contributed by atoms with Gasteiger partial charge in [0.05, 0.1) is 6.17 Å². The third-order valence-corrected chi connectivity index (χ3v) is 5.66. The average Bonchev–Trinajstić information content (AvgIpc) is 3.06. The molecule has 1 unspecified atom stereocenters. The predicted molar refractivity (Wildman–Crippen MR) is 114 cm³/mol. The van der Waals surface area contributed by atoms with E-state index in [4.69, 9.17) is 0 Å². The molecule has 3 heteroatoms. The van der Waals surface area contributed by atoms with Crippen LogP contribution in [-0.4, -0.2) is 30.7 Å². The van der Waals surface area contributed by atoms with Crippen molar-refractivity contribution in [3.05, 3.63) is 0 Å². The van der Waals surface area contributed by atoms with Crippen molar-refractivity contribution in [3.8, 4) is 0 Å². The molecule has 1 saturated heterocycles. The number of unbranched alkanes of at least 4 members (excludes halogenated alkanes) is 14. The largest absolute Gasteiger partial charge is 0.344 e. The van der Waals surface area contributed by atoms with Crippen LogP contribution >= 0.6 is 0 Å². The van der Waals surface area contributed by atoms with Crippen LogP contribution in [-0.2, 0) is 0 Å². The molecule has 0 aromatic carbocycles. The molecule has 1 fully saturated rings. The first-order chi connectivity index (χ1) is 11.9. The Hall–Kier alpha value is -0.120. The van der Waals surface area contributed by atoms with Crippen LogP contribution in [0.5, 0.6) is 0 Å². The molecule has 0 aromatic rings. The fourth-order valence-electron chi connectivity index (χ4n) is 4.02. The molecule has 0 aliphatic carbocycles. The van der Waals surface area contributed by atoms with Crippen molar-refractivity contribution < 1.29 is 0 Å². The van der Waals surface area contributed by atoms with Crippen molar-refractivity contribution in [2.24, 2.45) is 0 Å². The summed E-state index contributed by atoms with van der Waals surface area (Å²) in [6, 6.07) is 0. The van der Waals surface area contributed by atoms with E-state index in [0.717, 1.165) is 0 Å². The smallest absolute Gasteiger partial charge is 0.0595 e. The molecule has 4 N–H and O–H groups in total. The van der Waals surface area contributed by atoms with Crippen LogP contribution < -0.4 is 11.5 Å². The fourth-order valence-corrected chi connectivity index (χ4v) is 4.02. The normalized spacial score (nSPS) is 17.8. The summed E-state index contributed by atoms with van der Waals surface area (Å²) in [5.41, 5.74) is 0. The standard InChI is InChI=1S/C22H46N2.H3N/c1-3-5-6-7-8-9-10-11-12-13-14-15-16-17-18-20-24-21-19-23-22(24)4-2;/h22-23H,3-21H2,1-2H3;1H3. The van der Waals surface area contributed by atoms with Gasteiger partial charge in [0.15, 0.2) is 0 Å². The first-order valence-electron chi connectivity index (χ1n) is 11.4. The lowest BCUT2D eigenvalue weighted by atomic mass is 10.0. The highest BCUT2D eigenvalue weighted by molar-refractivity contribution is 4.76. The molecule has 0 saturated carbocycles. The minimum atomic E-state index is 0. The second-order valence-corrected chi connectivity index (χ2v) is 7.86. The van der Waals surface area contributed by atoms with Crippen molar-refractivity contribution in [2.45, 2.75) is 123 Å². The van der Waals surface area contributed by atoms with Gasteiger partial charge in [-0.2, -0.15) is 0 Å². The molecular formula is C22H49N3. The molecule has 0 radical (unpaired) electrons. The summed E-state index contributed by atoms with van der Waals surface area (Å²) < 4.78 is 0. The summed E-state index contributed by atoms with van der Waals surface area (Å²) in [7, 11) is 0. The minimum absolute atomic E-state index is 0. The van der Waals surface area contributed by atoms with Gasteiger partial charge in [0.1, 0.15) is 0 Å². The topological polar surface area (TPSA) is 50.3 Å². The quantitative estimate of drug-likeness (QED) is 0.287. The summed E-state index contributed by atoms with van der Waals surface area (Å²) in [5.74, 6) is 0. The number of rotatable bonds is 17. The predicted octanol–water partition coefficient (Wildman–Crippen LogP) is 6.66. The zero-order valence-corrected chi connectivity index (χ0v) is 17.7. The maximum Gasteiger partial charge on any atom is 0.0595 e. The Morgan fingerprint density at radius 3 is 1.56 bits per heavy atom. The van der Waals surface area contributed by atoms with Gasteiger partial charge >= 0.3 is 0 Å². The van der Waals surface area contributed by atoms with E-state index in [1.54, 1.807) is 0 Å². The SMILES string of the molecule is CCCCCCCCCCCCCCCCCN1CCNC1CC.N. The van der Waals surface area contributed by atoms with Gasteiger partial charge in [-0.05, 0) is 19.4 Å². The van der Waals surface area contributed by atoms with E-state index in [1.165, 1.54) is 122 Å². The van der Waals surface area contributed by atoms with Gasteiger partial charge in [0.2, 0.25) is 0 Å². The maximum absolute atomic E-state index is 3.58. The molecule has 1 atom stereocenters. The molecule has 1 rings (SSSR count). The number of hydrogen-bond donors (Lipinski definition) is 2. The van der Waals surface area contributed by atoms with Gasteiger partial charge in [-0.25, -0.2) is 0 Å². The zero-order chi connectivity index (χ0) is 17.3. The first-order valence-corrected chi connectivity index (χ1v) is 11.4. The van der Waals surface area contributed by atoms with Crippen molar-refractivity contribution in [1.29, 1.82) is 0 Å². The molecule has 1 aliphatic rings. The second kappa shape index (κ2) is 18.7. The van der Waals surface area contributed by atoms with Crippen LogP contribution in [0.15, 0.2) is 0 Å². The zero-order valence-electron chi connectivity index (χ0n) is 17.7. The summed E-state index contributed by atoms with van der Waals surface area (Å²) >= 11 is 0. The lowest BCUT2D eigenvalue weighted by Crippen LogP contribution is -2.35. The van der Waals surface area contributed by atoms with E-state index in [-0.39, 0.29) is 6.15 Å². The fraction of sp³-hybridized carbons (Fsp3) is 1.00. The molecule has 1 heterocycles. The van der Waals surface area contributed by atoms with Gasteiger partial charge in [0, 0.05) is 13.1 Å². The Kier molecular flexibility index (Phi) is 18.6. The molecule has 3 nitrogen and oxygen atoms in total. The van der Waals surface area contributed by atoms with Crippen LogP contribution in [0, 0.1) is 0 Å². The van der Waals surface area contributed by atoms with E-state index >= 15 is 0 Å². The molecular weight excluding hydrogens is 306 g/mol. The van der Waals surface area contributed by atoms with Crippen LogP contribution in [0.25, 0.3) is 0 Å². The van der Waals surface area contributed by atoms with Gasteiger partial charge in [-0.15, -0.1) is 0 Å². The molecule has 0 amide bonds. The van der Waals surface area contributed by atoms with Crippen molar-refractivity contribution in [1.82, 2.24) is 16.4 Å². The lowest BCUT2D eigenvalue weighted by Gasteiger charge is -2.22. The highest BCUT2D eigenvalue weighted by atomic mass is 15.3. The summed E-state index contributed by atoms with van der Waals surface area (Å²) in [5, 5.41) is 3.58. The average molecular weight is 356 g/mol. The van der Waals surface area contributed by atoms with E-state index in [0.29, 0.717) is 6.17 Å². The van der Waals surface area contributed by atoms with Crippen LogP contribution in [0.3, 0.4) is 0 Å². The Labute approximate surface area is 159 Å². The van der Waals surface area contributed by atoms with Crippen LogP contribution in [0.4, 0.5) is 0 Å². The van der Waals surface area contributed by atoms with Crippen molar-refractivity contribution >= 4 is 0 Å². The number of nitrogens with one attached hydrogen (secondary N) is 1. The van der Waals surface area contributed by atoms with Gasteiger partial charge in [-0.1, -0.05) is 104 Å². The monoisotopic (exact) mass is 355 g/mol. The third-order valence-electron chi connectivity index (χ3n) is 5.66. The number of hydrogen-bond acceptors (Lipinski definition) is 3. The van der Waals surface area contributed by atoms with E-state index in [9.17, 15) is 0 Å². The Balaban J connectivity index is 0.00000576. The summed E-state index contributed by atoms with van der Waals surface area (Å²) in [6.45, 7) is 8.35. The van der Waals surface area contributed by atoms with Gasteiger partial charge < -0.3 is 11.5 Å². The number of nitrogens with zero attached hydrogens (tertiary/aromatic N) is 1. The highest BCUT2D eigenvalue weighted by Crippen LogP contribution is 2.14. The third kappa shape index (κ3) is 13.7. The van der Waals surface area contributed by atoms with Crippen molar-refractivity contribution in [2.75, 3.05) is 19.6 Å². The van der Waals surface area contributed by atoms with E-state index < -0.39 is 0 Å².